The molecule has 0 saturated carbocycles. The first kappa shape index (κ1) is 22.3. The van der Waals surface area contributed by atoms with Crippen molar-refractivity contribution in [3.05, 3.63) is 90.5 Å². The minimum atomic E-state index is -3.56. The van der Waals surface area contributed by atoms with E-state index in [2.05, 4.69) is 38.8 Å². The zero-order valence-electron chi connectivity index (χ0n) is 18.2. The summed E-state index contributed by atoms with van der Waals surface area (Å²) in [5.74, 6) is 0.849. The molecule has 1 heterocycles. The number of anilines is 1. The minimum Gasteiger partial charge on any atom is -0.497 e. The average molecular weight is 452 g/mol. The summed E-state index contributed by atoms with van der Waals surface area (Å²) in [6, 6.07) is 26.7. The quantitative estimate of drug-likeness (QED) is 0.568. The molecular formula is C25H29N3O3S. The Balaban J connectivity index is 1.46. The SMILES string of the molecule is COc1ccc(N2CCN([C@@H](CNS(=O)(=O)c3ccccc3)c3ccccc3)CC2)cc1. The van der Waals surface area contributed by atoms with Gasteiger partial charge in [-0.3, -0.25) is 4.90 Å². The van der Waals surface area contributed by atoms with Gasteiger partial charge in [0.1, 0.15) is 5.75 Å². The highest BCUT2D eigenvalue weighted by Crippen LogP contribution is 2.25. The van der Waals surface area contributed by atoms with Gasteiger partial charge in [-0.15, -0.1) is 0 Å². The van der Waals surface area contributed by atoms with E-state index in [-0.39, 0.29) is 10.9 Å². The Bertz CT molecular complexity index is 1080. The summed E-state index contributed by atoms with van der Waals surface area (Å²) in [6.07, 6.45) is 0. The van der Waals surface area contributed by atoms with Gasteiger partial charge in [0.2, 0.25) is 10.0 Å². The molecule has 1 N–H and O–H groups in total. The molecule has 0 aliphatic carbocycles. The van der Waals surface area contributed by atoms with Crippen LogP contribution in [0.15, 0.2) is 89.8 Å². The van der Waals surface area contributed by atoms with Gasteiger partial charge in [0.25, 0.3) is 0 Å². The van der Waals surface area contributed by atoms with E-state index in [1.807, 2.05) is 36.4 Å². The molecule has 0 unspecified atom stereocenters. The molecule has 0 spiro atoms. The Kier molecular flexibility index (Phi) is 7.09. The molecular weight excluding hydrogens is 422 g/mol. The van der Waals surface area contributed by atoms with Gasteiger partial charge >= 0.3 is 0 Å². The second-order valence-corrected chi connectivity index (χ2v) is 9.58. The molecule has 7 heteroatoms. The van der Waals surface area contributed by atoms with Crippen molar-refractivity contribution in [3.8, 4) is 5.75 Å². The molecule has 1 aliphatic heterocycles. The maximum Gasteiger partial charge on any atom is 0.240 e. The van der Waals surface area contributed by atoms with Gasteiger partial charge in [-0.25, -0.2) is 13.1 Å². The van der Waals surface area contributed by atoms with Gasteiger partial charge in [0.15, 0.2) is 0 Å². The van der Waals surface area contributed by atoms with E-state index < -0.39 is 10.0 Å². The van der Waals surface area contributed by atoms with Gasteiger partial charge in [0, 0.05) is 44.5 Å². The number of hydrogen-bond acceptors (Lipinski definition) is 5. The Morgan fingerprint density at radius 1 is 0.844 bits per heavy atom. The lowest BCUT2D eigenvalue weighted by Gasteiger charge is -2.40. The second-order valence-electron chi connectivity index (χ2n) is 7.81. The Morgan fingerprint density at radius 3 is 2.03 bits per heavy atom. The zero-order chi connectivity index (χ0) is 22.4. The highest BCUT2D eigenvalue weighted by atomic mass is 32.2. The number of nitrogens with zero attached hydrogens (tertiary/aromatic N) is 2. The van der Waals surface area contributed by atoms with Crippen LogP contribution in [0.2, 0.25) is 0 Å². The average Bonchev–Trinajstić information content (AvgIpc) is 2.86. The number of rotatable bonds is 8. The number of hydrogen-bond donors (Lipinski definition) is 1. The smallest absolute Gasteiger partial charge is 0.240 e. The molecule has 4 rings (SSSR count). The van der Waals surface area contributed by atoms with Crippen molar-refractivity contribution in [1.82, 2.24) is 9.62 Å². The van der Waals surface area contributed by atoms with Crippen LogP contribution in [0.25, 0.3) is 0 Å². The van der Waals surface area contributed by atoms with Crippen LogP contribution in [0.1, 0.15) is 11.6 Å². The molecule has 3 aromatic rings. The molecule has 0 bridgehead atoms. The van der Waals surface area contributed by atoms with E-state index in [0.29, 0.717) is 6.54 Å². The van der Waals surface area contributed by atoms with Gasteiger partial charge in [-0.2, -0.15) is 0 Å². The molecule has 1 atom stereocenters. The van der Waals surface area contributed by atoms with Gasteiger partial charge in [0.05, 0.1) is 12.0 Å². The summed E-state index contributed by atoms with van der Waals surface area (Å²) < 4.78 is 33.7. The largest absolute Gasteiger partial charge is 0.497 e. The van der Waals surface area contributed by atoms with Crippen LogP contribution >= 0.6 is 0 Å². The molecule has 1 fully saturated rings. The first-order valence-electron chi connectivity index (χ1n) is 10.8. The van der Waals surface area contributed by atoms with Crippen molar-refractivity contribution >= 4 is 15.7 Å². The van der Waals surface area contributed by atoms with Gasteiger partial charge < -0.3 is 9.64 Å². The van der Waals surface area contributed by atoms with E-state index in [9.17, 15) is 8.42 Å². The highest BCUT2D eigenvalue weighted by molar-refractivity contribution is 7.89. The maximum absolute atomic E-state index is 12.8. The third kappa shape index (κ3) is 5.30. The van der Waals surface area contributed by atoms with E-state index >= 15 is 0 Å². The number of sulfonamides is 1. The van der Waals surface area contributed by atoms with Crippen molar-refractivity contribution in [2.45, 2.75) is 10.9 Å². The number of methoxy groups -OCH3 is 1. The fourth-order valence-corrected chi connectivity index (χ4v) is 5.15. The molecule has 3 aromatic carbocycles. The molecule has 32 heavy (non-hydrogen) atoms. The highest BCUT2D eigenvalue weighted by Gasteiger charge is 2.27. The zero-order valence-corrected chi connectivity index (χ0v) is 19.0. The summed E-state index contributed by atoms with van der Waals surface area (Å²) in [5.41, 5.74) is 2.28. The predicted octanol–water partition coefficient (Wildman–Crippen LogP) is 3.54. The Morgan fingerprint density at radius 2 is 1.44 bits per heavy atom. The fraction of sp³-hybridized carbons (Fsp3) is 0.280. The third-order valence-electron chi connectivity index (χ3n) is 5.90. The van der Waals surface area contributed by atoms with Gasteiger partial charge in [-0.05, 0) is 42.0 Å². The lowest BCUT2D eigenvalue weighted by atomic mass is 10.0. The van der Waals surface area contributed by atoms with Crippen molar-refractivity contribution < 1.29 is 13.2 Å². The van der Waals surface area contributed by atoms with Crippen molar-refractivity contribution in [2.24, 2.45) is 0 Å². The molecule has 6 nitrogen and oxygen atoms in total. The molecule has 1 aliphatic rings. The number of piperazine rings is 1. The van der Waals surface area contributed by atoms with Crippen LogP contribution in [0.3, 0.4) is 0 Å². The number of nitrogens with one attached hydrogen (secondary N) is 1. The Labute approximate surface area is 190 Å². The topological polar surface area (TPSA) is 61.9 Å². The summed E-state index contributed by atoms with van der Waals surface area (Å²) in [7, 11) is -1.89. The monoisotopic (exact) mass is 451 g/mol. The van der Waals surface area contributed by atoms with Gasteiger partial charge in [-0.1, -0.05) is 48.5 Å². The Hall–Kier alpha value is -2.87. The van der Waals surface area contributed by atoms with E-state index in [0.717, 1.165) is 37.5 Å². The fourth-order valence-electron chi connectivity index (χ4n) is 4.09. The molecule has 0 aromatic heterocycles. The van der Waals surface area contributed by atoms with Crippen LogP contribution in [-0.2, 0) is 10.0 Å². The predicted molar refractivity (Wildman–Crippen MR) is 128 cm³/mol. The summed E-state index contributed by atoms with van der Waals surface area (Å²) in [4.78, 5) is 5.01. The normalized spacial score (nSPS) is 16.0. The van der Waals surface area contributed by atoms with Crippen LogP contribution in [-0.4, -0.2) is 53.2 Å². The van der Waals surface area contributed by atoms with Crippen molar-refractivity contribution in [2.75, 3.05) is 44.7 Å². The summed E-state index contributed by atoms with van der Waals surface area (Å²) in [5, 5.41) is 0. The first-order valence-corrected chi connectivity index (χ1v) is 12.3. The van der Waals surface area contributed by atoms with E-state index in [4.69, 9.17) is 4.74 Å². The first-order chi connectivity index (χ1) is 15.6. The van der Waals surface area contributed by atoms with E-state index in [1.54, 1.807) is 31.4 Å². The molecule has 0 amide bonds. The minimum absolute atomic E-state index is 0.0345. The lowest BCUT2D eigenvalue weighted by Crippen LogP contribution is -2.49. The standard InChI is InChI=1S/C25H29N3O3S/c1-31-23-14-12-22(13-15-23)27-16-18-28(19-17-27)25(21-8-4-2-5-9-21)20-26-32(29,30)24-10-6-3-7-11-24/h2-15,25-26H,16-20H2,1H3/t25-/m0/s1. The van der Waals surface area contributed by atoms with Crippen LogP contribution < -0.4 is 14.4 Å². The molecule has 168 valence electrons. The van der Waals surface area contributed by atoms with Crippen LogP contribution in [0.5, 0.6) is 5.75 Å². The number of benzene rings is 3. The van der Waals surface area contributed by atoms with Crippen molar-refractivity contribution in [3.63, 3.8) is 0 Å². The lowest BCUT2D eigenvalue weighted by molar-refractivity contribution is 0.187. The second kappa shape index (κ2) is 10.2. The number of ether oxygens (including phenoxy) is 1. The molecule has 0 radical (unpaired) electrons. The third-order valence-corrected chi connectivity index (χ3v) is 7.34. The van der Waals surface area contributed by atoms with Crippen molar-refractivity contribution in [1.29, 1.82) is 0 Å². The summed E-state index contributed by atoms with van der Waals surface area (Å²) in [6.45, 7) is 3.77. The maximum atomic E-state index is 12.8. The summed E-state index contributed by atoms with van der Waals surface area (Å²) >= 11 is 0. The van der Waals surface area contributed by atoms with E-state index in [1.165, 1.54) is 5.69 Å². The van der Waals surface area contributed by atoms with Crippen LogP contribution in [0, 0.1) is 0 Å². The van der Waals surface area contributed by atoms with Crippen LogP contribution in [0.4, 0.5) is 5.69 Å². The molecule has 1 saturated heterocycles.